The van der Waals surface area contributed by atoms with Crippen molar-refractivity contribution in [2.75, 3.05) is 12.8 Å². The number of nitrogens with one attached hydrogen (secondary N) is 1. The molecule has 0 bridgehead atoms. The fourth-order valence-corrected chi connectivity index (χ4v) is 3.32. The first-order valence-corrected chi connectivity index (χ1v) is 9.80. The Hall–Kier alpha value is -3.28. The van der Waals surface area contributed by atoms with Crippen LogP contribution in [-0.2, 0) is 0 Å². The number of carbonyl (C=O) groups excluding carboxylic acids is 1. The van der Waals surface area contributed by atoms with Crippen molar-refractivity contribution in [1.29, 1.82) is 0 Å². The number of H-pyrrole nitrogens is 1. The highest BCUT2D eigenvalue weighted by molar-refractivity contribution is 6.39. The molecule has 0 unspecified atom stereocenters. The van der Waals surface area contributed by atoms with Gasteiger partial charge in [0.1, 0.15) is 11.2 Å². The Morgan fingerprint density at radius 3 is 2.87 bits per heavy atom. The molecule has 0 radical (unpaired) electrons. The van der Waals surface area contributed by atoms with Crippen molar-refractivity contribution in [2.24, 2.45) is 0 Å². The molecule has 0 aliphatic rings. The van der Waals surface area contributed by atoms with Crippen LogP contribution in [0.5, 0.6) is 0 Å². The highest BCUT2D eigenvalue weighted by Crippen LogP contribution is 2.28. The highest BCUT2D eigenvalue weighted by Gasteiger charge is 2.21. The summed E-state index contributed by atoms with van der Waals surface area (Å²) in [5, 5.41) is 5.08. The van der Waals surface area contributed by atoms with Gasteiger partial charge >= 0.3 is 0 Å². The number of aromatic nitrogens is 5. The van der Waals surface area contributed by atoms with Crippen molar-refractivity contribution in [3.8, 4) is 11.8 Å². The van der Waals surface area contributed by atoms with Crippen LogP contribution in [0.3, 0.4) is 0 Å². The quantitative estimate of drug-likeness (QED) is 0.474. The number of fused-ring (bicyclic) bond motifs is 2. The molecule has 0 spiro atoms. The van der Waals surface area contributed by atoms with E-state index in [1.807, 2.05) is 6.92 Å². The zero-order valence-corrected chi connectivity index (χ0v) is 17.7. The number of hydrogen-bond acceptors (Lipinski definition) is 5. The van der Waals surface area contributed by atoms with Crippen LogP contribution in [0.25, 0.3) is 16.7 Å². The minimum atomic E-state index is -0.281. The molecule has 8 nitrogen and oxygen atoms in total. The molecule has 4 aromatic rings. The van der Waals surface area contributed by atoms with Gasteiger partial charge in [-0.05, 0) is 31.0 Å². The Morgan fingerprint density at radius 2 is 2.10 bits per heavy atom. The molecule has 1 aromatic carbocycles. The lowest BCUT2D eigenvalue weighted by Crippen LogP contribution is -2.35. The third-order valence-electron chi connectivity index (χ3n) is 4.78. The van der Waals surface area contributed by atoms with E-state index in [9.17, 15) is 4.79 Å². The zero-order valence-electron chi connectivity index (χ0n) is 16.1. The second-order valence-electron chi connectivity index (χ2n) is 6.77. The monoisotopic (exact) mass is 441 g/mol. The molecule has 0 saturated heterocycles. The second-order valence-corrected chi connectivity index (χ2v) is 7.59. The molecule has 3 aromatic heterocycles. The van der Waals surface area contributed by atoms with E-state index in [1.165, 1.54) is 0 Å². The van der Waals surface area contributed by atoms with Crippen molar-refractivity contribution in [1.82, 2.24) is 29.5 Å². The number of carbonyl (C=O) groups is 1. The number of benzene rings is 1. The van der Waals surface area contributed by atoms with Gasteiger partial charge in [0.2, 0.25) is 0 Å². The predicted molar refractivity (Wildman–Crippen MR) is 117 cm³/mol. The van der Waals surface area contributed by atoms with Gasteiger partial charge < -0.3 is 15.6 Å². The first kappa shape index (κ1) is 20.0. The maximum absolute atomic E-state index is 12.8. The highest BCUT2D eigenvalue weighted by atomic mass is 35.5. The van der Waals surface area contributed by atoms with Crippen LogP contribution in [0, 0.1) is 11.8 Å². The average Bonchev–Trinajstić information content (AvgIpc) is 3.36. The molecular weight excluding hydrogens is 425 g/mol. The molecule has 1 atom stereocenters. The number of aromatic amines is 1. The SMILES string of the molecule is C[C@@H](CC#Cc1cnc2c(N)ccnn12)N(C)C(=O)c1nc2c(Cl)ccc(Cl)c2[nH]1. The van der Waals surface area contributed by atoms with Gasteiger partial charge in [-0.1, -0.05) is 29.1 Å². The summed E-state index contributed by atoms with van der Waals surface area (Å²) in [7, 11) is 1.70. The van der Waals surface area contributed by atoms with Crippen LogP contribution in [0.1, 0.15) is 29.7 Å². The number of amides is 1. The first-order valence-electron chi connectivity index (χ1n) is 9.04. The van der Waals surface area contributed by atoms with E-state index in [-0.39, 0.29) is 17.8 Å². The fourth-order valence-electron chi connectivity index (χ4n) is 2.92. The Kier molecular flexibility index (Phi) is 5.24. The number of hydrogen-bond donors (Lipinski definition) is 2. The molecule has 1 amide bonds. The Morgan fingerprint density at radius 1 is 1.33 bits per heavy atom. The van der Waals surface area contributed by atoms with Crippen LogP contribution >= 0.6 is 23.2 Å². The first-order chi connectivity index (χ1) is 14.4. The smallest absolute Gasteiger partial charge is 0.289 e. The number of rotatable bonds is 3. The van der Waals surface area contributed by atoms with E-state index in [4.69, 9.17) is 28.9 Å². The number of nitrogens with two attached hydrogens (primary N) is 1. The largest absolute Gasteiger partial charge is 0.396 e. The zero-order chi connectivity index (χ0) is 21.4. The summed E-state index contributed by atoms with van der Waals surface area (Å²) < 4.78 is 1.59. The third kappa shape index (κ3) is 3.54. The van der Waals surface area contributed by atoms with Crippen molar-refractivity contribution in [3.05, 3.63) is 52.2 Å². The molecule has 10 heteroatoms. The molecule has 0 fully saturated rings. The summed E-state index contributed by atoms with van der Waals surface area (Å²) in [6.07, 6.45) is 3.66. The van der Waals surface area contributed by atoms with E-state index in [0.717, 1.165) is 0 Å². The maximum Gasteiger partial charge on any atom is 0.289 e. The van der Waals surface area contributed by atoms with Crippen molar-refractivity contribution in [2.45, 2.75) is 19.4 Å². The average molecular weight is 442 g/mol. The molecule has 3 heterocycles. The van der Waals surface area contributed by atoms with E-state index in [1.54, 1.807) is 47.1 Å². The lowest BCUT2D eigenvalue weighted by molar-refractivity contribution is 0.0735. The molecule has 4 rings (SSSR count). The minimum Gasteiger partial charge on any atom is -0.396 e. The van der Waals surface area contributed by atoms with Gasteiger partial charge in [0.05, 0.1) is 33.6 Å². The van der Waals surface area contributed by atoms with Crippen molar-refractivity contribution < 1.29 is 4.79 Å². The predicted octanol–water partition coefficient (Wildman–Crippen LogP) is 3.40. The lowest BCUT2D eigenvalue weighted by Gasteiger charge is -2.22. The summed E-state index contributed by atoms with van der Waals surface area (Å²) in [5.41, 5.74) is 8.60. The summed E-state index contributed by atoms with van der Waals surface area (Å²) in [5.74, 6) is 5.99. The molecule has 0 aliphatic carbocycles. The van der Waals surface area contributed by atoms with Gasteiger partial charge in [-0.3, -0.25) is 4.79 Å². The summed E-state index contributed by atoms with van der Waals surface area (Å²) in [4.78, 5) is 25.9. The van der Waals surface area contributed by atoms with Gasteiger partial charge in [-0.2, -0.15) is 5.10 Å². The standard InChI is InChI=1S/C20H17Cl2N7O/c1-11(4-3-5-12-10-24-19-15(23)8-9-25-29(12)19)28(2)20(30)18-26-16-13(21)6-7-14(22)17(16)27-18/h6-11H,4,23H2,1-2H3,(H,26,27)/t11-/m0/s1. The van der Waals surface area contributed by atoms with Gasteiger partial charge in [0.15, 0.2) is 11.5 Å². The van der Waals surface area contributed by atoms with Crippen LogP contribution < -0.4 is 5.73 Å². The van der Waals surface area contributed by atoms with Crippen LogP contribution in [0.2, 0.25) is 10.0 Å². The van der Waals surface area contributed by atoms with Crippen LogP contribution in [0.15, 0.2) is 30.6 Å². The summed E-state index contributed by atoms with van der Waals surface area (Å²) in [6.45, 7) is 1.90. The normalized spacial score (nSPS) is 12.0. The number of imidazole rings is 2. The van der Waals surface area contributed by atoms with Gasteiger partial charge in [-0.15, -0.1) is 0 Å². The Bertz CT molecular complexity index is 1290. The van der Waals surface area contributed by atoms with Gasteiger partial charge in [0, 0.05) is 19.5 Å². The summed E-state index contributed by atoms with van der Waals surface area (Å²) >= 11 is 12.3. The third-order valence-corrected chi connectivity index (χ3v) is 5.40. The van der Waals surface area contributed by atoms with E-state index in [2.05, 4.69) is 31.9 Å². The van der Waals surface area contributed by atoms with Gasteiger partial charge in [0.25, 0.3) is 5.91 Å². The van der Waals surface area contributed by atoms with Crippen LogP contribution in [-0.4, -0.2) is 48.5 Å². The molecule has 30 heavy (non-hydrogen) atoms. The number of nitrogen functional groups attached to an aromatic ring is 1. The second kappa shape index (κ2) is 7.86. The Labute approximate surface area is 182 Å². The molecule has 152 valence electrons. The number of anilines is 1. The summed E-state index contributed by atoms with van der Waals surface area (Å²) in [6, 6.07) is 4.82. The van der Waals surface area contributed by atoms with Gasteiger partial charge in [-0.25, -0.2) is 14.5 Å². The number of halogens is 2. The maximum atomic E-state index is 12.8. The lowest BCUT2D eigenvalue weighted by atomic mass is 10.2. The van der Waals surface area contributed by atoms with E-state index >= 15 is 0 Å². The van der Waals surface area contributed by atoms with Crippen molar-refractivity contribution >= 4 is 51.5 Å². The van der Waals surface area contributed by atoms with E-state index < -0.39 is 0 Å². The minimum absolute atomic E-state index is 0.165. The topological polar surface area (TPSA) is 105 Å². The van der Waals surface area contributed by atoms with Crippen LogP contribution in [0.4, 0.5) is 5.69 Å². The molecule has 0 aliphatic heterocycles. The number of nitrogens with zero attached hydrogens (tertiary/aromatic N) is 5. The molecule has 3 N–H and O–H groups in total. The van der Waals surface area contributed by atoms with E-state index in [0.29, 0.717) is 44.5 Å². The Balaban J connectivity index is 1.50. The fraction of sp³-hybridized carbons (Fsp3) is 0.200. The molecular formula is C20H17Cl2N7O. The van der Waals surface area contributed by atoms with Crippen molar-refractivity contribution in [3.63, 3.8) is 0 Å². The molecule has 0 saturated carbocycles.